The Kier molecular flexibility index (Phi) is 7.59. The molecular weight excluding hydrogens is 300 g/mol. The van der Waals surface area contributed by atoms with Crippen molar-refractivity contribution < 1.29 is 0 Å². The molecule has 0 radical (unpaired) electrons. The van der Waals surface area contributed by atoms with E-state index in [9.17, 15) is 0 Å². The number of hydrogen-bond donors (Lipinski definition) is 0. The molecule has 2 rings (SSSR count). The van der Waals surface area contributed by atoms with Crippen LogP contribution in [0.25, 0.3) is 0 Å². The zero-order chi connectivity index (χ0) is 18.3. The molecule has 1 aliphatic carbocycles. The van der Waals surface area contributed by atoms with Gasteiger partial charge < -0.3 is 0 Å². The quantitative estimate of drug-likeness (QED) is 0.312. The zero-order valence-corrected chi connectivity index (χ0v) is 17.7. The lowest BCUT2D eigenvalue weighted by Gasteiger charge is -2.40. The summed E-state index contributed by atoms with van der Waals surface area (Å²) in [6.45, 7) is 12.2. The van der Waals surface area contributed by atoms with Gasteiger partial charge in [-0.1, -0.05) is 97.4 Å². The Hall–Kier alpha value is -0.780. The highest BCUT2D eigenvalue weighted by Crippen LogP contribution is 2.52. The molecule has 0 fully saturated rings. The van der Waals surface area contributed by atoms with Gasteiger partial charge >= 0.3 is 0 Å². The molecule has 1 aromatic rings. The maximum absolute atomic E-state index is 2.62. The van der Waals surface area contributed by atoms with Crippen LogP contribution in [0, 0.1) is 5.41 Å². The third-order valence-corrected chi connectivity index (χ3v) is 7.28. The van der Waals surface area contributed by atoms with E-state index in [0.29, 0.717) is 10.8 Å². The molecule has 0 heterocycles. The van der Waals surface area contributed by atoms with Crippen LogP contribution in [0.3, 0.4) is 0 Å². The number of hydrogen-bond acceptors (Lipinski definition) is 0. The first-order chi connectivity index (χ1) is 12.0. The predicted molar refractivity (Wildman–Crippen MR) is 112 cm³/mol. The molecule has 3 unspecified atom stereocenters. The summed E-state index contributed by atoms with van der Waals surface area (Å²) in [4.78, 5) is 0. The molecule has 0 N–H and O–H groups in total. The summed E-state index contributed by atoms with van der Waals surface area (Å²) in [5.74, 6) is 0.750. The normalized spacial score (nSPS) is 25.9. The summed E-state index contributed by atoms with van der Waals surface area (Å²) in [6, 6.07) is 9.49. The molecule has 1 aliphatic rings. The summed E-state index contributed by atoms with van der Waals surface area (Å²) in [7, 11) is 0. The van der Waals surface area contributed by atoms with Crippen molar-refractivity contribution in [3.63, 3.8) is 0 Å². The maximum Gasteiger partial charge on any atom is -0.00750 e. The van der Waals surface area contributed by atoms with Gasteiger partial charge in [0, 0.05) is 0 Å². The van der Waals surface area contributed by atoms with Gasteiger partial charge in [0.05, 0.1) is 0 Å². The third-order valence-electron chi connectivity index (χ3n) is 7.28. The molecule has 0 saturated heterocycles. The van der Waals surface area contributed by atoms with Crippen LogP contribution in [0.5, 0.6) is 0 Å². The van der Waals surface area contributed by atoms with Gasteiger partial charge in [0.25, 0.3) is 0 Å². The summed E-state index contributed by atoms with van der Waals surface area (Å²) in [5, 5.41) is 0. The first-order valence-corrected chi connectivity index (χ1v) is 11.1. The summed E-state index contributed by atoms with van der Waals surface area (Å²) in [6.07, 6.45) is 15.0. The van der Waals surface area contributed by atoms with E-state index < -0.39 is 0 Å². The van der Waals surface area contributed by atoms with Gasteiger partial charge in [-0.25, -0.2) is 0 Å². The van der Waals surface area contributed by atoms with Crippen LogP contribution in [0.4, 0.5) is 0 Å². The molecule has 1 aromatic carbocycles. The van der Waals surface area contributed by atoms with E-state index in [1.807, 2.05) is 0 Å². The lowest BCUT2D eigenvalue weighted by molar-refractivity contribution is 0.188. The van der Waals surface area contributed by atoms with Crippen LogP contribution in [0.15, 0.2) is 24.3 Å². The van der Waals surface area contributed by atoms with Gasteiger partial charge in [-0.3, -0.25) is 0 Å². The van der Waals surface area contributed by atoms with E-state index in [4.69, 9.17) is 0 Å². The van der Waals surface area contributed by atoms with Crippen molar-refractivity contribution in [2.75, 3.05) is 0 Å². The Labute approximate surface area is 157 Å². The maximum atomic E-state index is 2.62. The Morgan fingerprint density at radius 1 is 1.00 bits per heavy atom. The van der Waals surface area contributed by atoms with Gasteiger partial charge in [-0.05, 0) is 60.0 Å². The first-order valence-electron chi connectivity index (χ1n) is 11.1. The Morgan fingerprint density at radius 2 is 1.68 bits per heavy atom. The second-order valence-electron chi connectivity index (χ2n) is 9.16. The molecule has 0 aliphatic heterocycles. The van der Waals surface area contributed by atoms with Gasteiger partial charge in [-0.15, -0.1) is 0 Å². The first kappa shape index (κ1) is 20.5. The Morgan fingerprint density at radius 3 is 2.36 bits per heavy atom. The van der Waals surface area contributed by atoms with Crippen molar-refractivity contribution in [1.82, 2.24) is 0 Å². The van der Waals surface area contributed by atoms with E-state index in [1.54, 1.807) is 11.1 Å². The fourth-order valence-electron chi connectivity index (χ4n) is 5.26. The minimum atomic E-state index is 0.375. The van der Waals surface area contributed by atoms with Crippen LogP contribution in [-0.2, 0) is 5.41 Å². The molecule has 0 spiro atoms. The van der Waals surface area contributed by atoms with Crippen LogP contribution in [0.2, 0.25) is 0 Å². The van der Waals surface area contributed by atoms with Crippen molar-refractivity contribution in [3.05, 3.63) is 35.4 Å². The third kappa shape index (κ3) is 4.69. The fraction of sp³-hybridized carbons (Fsp3) is 0.760. The molecule has 3 atom stereocenters. The molecule has 0 bridgehead atoms. The van der Waals surface area contributed by atoms with Gasteiger partial charge in [-0.2, -0.15) is 0 Å². The highest BCUT2D eigenvalue weighted by atomic mass is 14.4. The van der Waals surface area contributed by atoms with Crippen LogP contribution in [-0.4, -0.2) is 0 Å². The van der Waals surface area contributed by atoms with E-state index in [2.05, 4.69) is 58.9 Å². The van der Waals surface area contributed by atoms with E-state index in [1.165, 1.54) is 70.6 Å². The van der Waals surface area contributed by atoms with Crippen molar-refractivity contribution >= 4 is 0 Å². The van der Waals surface area contributed by atoms with Crippen LogP contribution >= 0.6 is 0 Å². The number of rotatable bonds is 9. The number of benzene rings is 1. The molecule has 0 amide bonds. The lowest BCUT2D eigenvalue weighted by Crippen LogP contribution is -2.28. The summed E-state index contributed by atoms with van der Waals surface area (Å²) < 4.78 is 0. The minimum Gasteiger partial charge on any atom is -0.0654 e. The molecule has 0 saturated carbocycles. The number of fused-ring (bicyclic) bond motifs is 1. The van der Waals surface area contributed by atoms with Gasteiger partial charge in [0.15, 0.2) is 0 Å². The van der Waals surface area contributed by atoms with Crippen molar-refractivity contribution in [1.29, 1.82) is 0 Å². The zero-order valence-electron chi connectivity index (χ0n) is 17.7. The fourth-order valence-corrected chi connectivity index (χ4v) is 5.26. The summed E-state index contributed by atoms with van der Waals surface area (Å²) >= 11 is 0. The molecule has 142 valence electrons. The van der Waals surface area contributed by atoms with Gasteiger partial charge in [0.1, 0.15) is 0 Å². The Balaban J connectivity index is 2.39. The molecule has 0 aromatic heterocycles. The van der Waals surface area contributed by atoms with E-state index >= 15 is 0 Å². The summed E-state index contributed by atoms with van der Waals surface area (Å²) in [5.41, 5.74) is 4.21. The van der Waals surface area contributed by atoms with Crippen LogP contribution in [0.1, 0.15) is 122 Å². The topological polar surface area (TPSA) is 0 Å². The van der Waals surface area contributed by atoms with Crippen molar-refractivity contribution in [2.45, 2.75) is 117 Å². The molecule has 25 heavy (non-hydrogen) atoms. The van der Waals surface area contributed by atoms with E-state index in [0.717, 1.165) is 5.92 Å². The largest absolute Gasteiger partial charge is 0.0654 e. The van der Waals surface area contributed by atoms with Crippen molar-refractivity contribution in [2.24, 2.45) is 5.41 Å². The standard InChI is InChI=1S/C25H42/c1-6-9-13-19-25(5,18-10-7-2)23-17-14-20-24(4,8-3)22-16-12-11-15-21(22)23/h11-12,15-16,23H,6-10,13-14,17-20H2,1-5H3. The minimum absolute atomic E-state index is 0.375. The molecular formula is C25H42. The highest BCUT2D eigenvalue weighted by Gasteiger charge is 2.40. The van der Waals surface area contributed by atoms with Gasteiger partial charge in [0.2, 0.25) is 0 Å². The van der Waals surface area contributed by atoms with Crippen molar-refractivity contribution in [3.8, 4) is 0 Å². The number of unbranched alkanes of at least 4 members (excludes halogenated alkanes) is 3. The Bertz CT molecular complexity index is 517. The second kappa shape index (κ2) is 9.24. The monoisotopic (exact) mass is 342 g/mol. The van der Waals surface area contributed by atoms with Crippen LogP contribution < -0.4 is 0 Å². The molecule has 0 heteroatoms. The average Bonchev–Trinajstić information content (AvgIpc) is 2.78. The van der Waals surface area contributed by atoms with E-state index in [-0.39, 0.29) is 0 Å². The smallest absolute Gasteiger partial charge is 0.00750 e. The predicted octanol–water partition coefficient (Wildman–Crippen LogP) is 8.40. The molecule has 0 nitrogen and oxygen atoms in total. The SMILES string of the molecule is CCCCCC(C)(CCCC)C1CCCC(C)(CC)c2ccccc21. The lowest BCUT2D eigenvalue weighted by atomic mass is 9.65. The average molecular weight is 343 g/mol. The highest BCUT2D eigenvalue weighted by molar-refractivity contribution is 5.38. The second-order valence-corrected chi connectivity index (χ2v) is 9.16.